The molecule has 0 aliphatic carbocycles. The first-order valence-corrected chi connectivity index (χ1v) is 10.2. The zero-order chi connectivity index (χ0) is 20.9. The number of benzene rings is 2. The number of esters is 1. The molecule has 2 aromatic carbocycles. The lowest BCUT2D eigenvalue weighted by Gasteiger charge is -2.24. The lowest BCUT2D eigenvalue weighted by molar-refractivity contribution is -0.141. The number of nitrogens with one attached hydrogen (secondary N) is 1. The fourth-order valence-electron chi connectivity index (χ4n) is 2.56. The van der Waals surface area contributed by atoms with Crippen LogP contribution in [0.15, 0.2) is 47.4 Å². The van der Waals surface area contributed by atoms with Gasteiger partial charge in [0.1, 0.15) is 6.54 Å². The topological polar surface area (TPSA) is 92.8 Å². The molecule has 0 saturated heterocycles. The second kappa shape index (κ2) is 8.88. The third-order valence-corrected chi connectivity index (χ3v) is 5.91. The van der Waals surface area contributed by atoms with Crippen molar-refractivity contribution in [3.63, 3.8) is 0 Å². The van der Waals surface area contributed by atoms with Crippen molar-refractivity contribution in [2.24, 2.45) is 0 Å². The van der Waals surface area contributed by atoms with Gasteiger partial charge in [0.15, 0.2) is 0 Å². The highest BCUT2D eigenvalue weighted by Crippen LogP contribution is 2.26. The summed E-state index contributed by atoms with van der Waals surface area (Å²) in [5.74, 6) is -0.895. The number of anilines is 2. The standard InChI is InChI=1S/C20H24N2O5S/c1-5-27-20(24)13-22(18-9-6-14(2)15(3)12-18)28(25,26)19-10-7-17(8-11-19)21-16(4)23/h6-12H,5,13H2,1-4H3,(H,21,23). The van der Waals surface area contributed by atoms with Crippen LogP contribution in [0.3, 0.4) is 0 Å². The third kappa shape index (κ3) is 5.10. The van der Waals surface area contributed by atoms with E-state index in [1.165, 1.54) is 31.2 Å². The van der Waals surface area contributed by atoms with Crippen molar-refractivity contribution in [2.45, 2.75) is 32.6 Å². The van der Waals surface area contributed by atoms with Crippen LogP contribution in [0.1, 0.15) is 25.0 Å². The Labute approximate surface area is 165 Å². The molecule has 1 amide bonds. The Morgan fingerprint density at radius 3 is 2.21 bits per heavy atom. The summed E-state index contributed by atoms with van der Waals surface area (Å²) in [5.41, 5.74) is 2.77. The number of hydrogen-bond donors (Lipinski definition) is 1. The monoisotopic (exact) mass is 404 g/mol. The Morgan fingerprint density at radius 1 is 1.04 bits per heavy atom. The minimum absolute atomic E-state index is 0.00382. The third-order valence-electron chi connectivity index (χ3n) is 4.12. The van der Waals surface area contributed by atoms with Gasteiger partial charge in [-0.2, -0.15) is 0 Å². The summed E-state index contributed by atoms with van der Waals surface area (Å²) in [4.78, 5) is 23.2. The van der Waals surface area contributed by atoms with Crippen LogP contribution in [0.4, 0.5) is 11.4 Å². The van der Waals surface area contributed by atoms with Crippen molar-refractivity contribution in [2.75, 3.05) is 22.8 Å². The van der Waals surface area contributed by atoms with Gasteiger partial charge in [-0.3, -0.25) is 13.9 Å². The van der Waals surface area contributed by atoms with Gasteiger partial charge in [-0.05, 0) is 68.3 Å². The number of carbonyl (C=O) groups is 2. The van der Waals surface area contributed by atoms with Crippen LogP contribution in [0.25, 0.3) is 0 Å². The van der Waals surface area contributed by atoms with Crippen molar-refractivity contribution >= 4 is 33.3 Å². The summed E-state index contributed by atoms with van der Waals surface area (Å²) in [7, 11) is -4.02. The van der Waals surface area contributed by atoms with Crippen LogP contribution in [0.2, 0.25) is 0 Å². The molecule has 0 bridgehead atoms. The molecule has 0 atom stereocenters. The van der Waals surface area contributed by atoms with Crippen LogP contribution in [0, 0.1) is 13.8 Å². The van der Waals surface area contributed by atoms with Crippen LogP contribution in [-0.2, 0) is 24.3 Å². The largest absolute Gasteiger partial charge is 0.465 e. The van der Waals surface area contributed by atoms with E-state index in [1.54, 1.807) is 25.1 Å². The Bertz CT molecular complexity index is 969. The summed E-state index contributed by atoms with van der Waals surface area (Å²) in [5, 5.41) is 2.59. The van der Waals surface area contributed by atoms with Crippen molar-refractivity contribution in [3.05, 3.63) is 53.6 Å². The molecule has 8 heteroatoms. The van der Waals surface area contributed by atoms with Crippen molar-refractivity contribution in [1.82, 2.24) is 0 Å². The smallest absolute Gasteiger partial charge is 0.326 e. The zero-order valence-electron chi connectivity index (χ0n) is 16.4. The molecule has 0 heterocycles. The Balaban J connectivity index is 2.46. The van der Waals surface area contributed by atoms with E-state index >= 15 is 0 Å². The molecule has 0 saturated carbocycles. The van der Waals surface area contributed by atoms with E-state index < -0.39 is 22.5 Å². The van der Waals surface area contributed by atoms with Gasteiger partial charge in [0.25, 0.3) is 10.0 Å². The second-order valence-corrected chi connectivity index (χ2v) is 8.15. The molecule has 7 nitrogen and oxygen atoms in total. The van der Waals surface area contributed by atoms with Crippen molar-refractivity contribution in [3.8, 4) is 0 Å². The summed E-state index contributed by atoms with van der Waals surface area (Å²) in [6.45, 7) is 6.54. The highest BCUT2D eigenvalue weighted by Gasteiger charge is 2.28. The number of aryl methyl sites for hydroxylation is 2. The van der Waals surface area contributed by atoms with Crippen molar-refractivity contribution < 1.29 is 22.7 Å². The summed E-state index contributed by atoms with van der Waals surface area (Å²) in [6, 6.07) is 11.0. The maximum absolute atomic E-state index is 13.2. The molecule has 0 aliphatic heterocycles. The maximum atomic E-state index is 13.2. The van der Waals surface area contributed by atoms with E-state index in [4.69, 9.17) is 4.74 Å². The normalized spacial score (nSPS) is 11.0. The fourth-order valence-corrected chi connectivity index (χ4v) is 3.96. The lowest BCUT2D eigenvalue weighted by Crippen LogP contribution is -2.36. The molecule has 0 aromatic heterocycles. The van der Waals surface area contributed by atoms with Gasteiger partial charge in [-0.15, -0.1) is 0 Å². The second-order valence-electron chi connectivity index (χ2n) is 6.29. The Hall–Kier alpha value is -2.87. The minimum Gasteiger partial charge on any atom is -0.465 e. The molecule has 0 aliphatic rings. The van der Waals surface area contributed by atoms with E-state index in [0.717, 1.165) is 15.4 Å². The highest BCUT2D eigenvalue weighted by molar-refractivity contribution is 7.92. The fraction of sp³-hybridized carbons (Fsp3) is 0.300. The number of nitrogens with zero attached hydrogens (tertiary/aromatic N) is 1. The predicted molar refractivity (Wildman–Crippen MR) is 108 cm³/mol. The first-order valence-electron chi connectivity index (χ1n) is 8.78. The number of carbonyl (C=O) groups excluding carboxylic acids is 2. The molecular formula is C20H24N2O5S. The number of sulfonamides is 1. The van der Waals surface area contributed by atoms with Gasteiger partial charge in [-0.1, -0.05) is 6.07 Å². The van der Waals surface area contributed by atoms with Gasteiger partial charge in [0, 0.05) is 12.6 Å². The Morgan fingerprint density at radius 2 is 1.68 bits per heavy atom. The quantitative estimate of drug-likeness (QED) is 0.716. The van der Waals surface area contributed by atoms with Gasteiger partial charge < -0.3 is 10.1 Å². The molecular weight excluding hydrogens is 380 g/mol. The molecule has 1 N–H and O–H groups in total. The first-order chi connectivity index (χ1) is 13.1. The molecule has 2 aromatic rings. The van der Waals surface area contributed by atoms with Gasteiger partial charge >= 0.3 is 5.97 Å². The van der Waals surface area contributed by atoms with E-state index in [-0.39, 0.29) is 17.4 Å². The van der Waals surface area contributed by atoms with Crippen molar-refractivity contribution in [1.29, 1.82) is 0 Å². The highest BCUT2D eigenvalue weighted by atomic mass is 32.2. The molecule has 0 radical (unpaired) electrons. The molecule has 150 valence electrons. The molecule has 0 fully saturated rings. The van der Waals surface area contributed by atoms with Crippen LogP contribution < -0.4 is 9.62 Å². The average Bonchev–Trinajstić information content (AvgIpc) is 2.62. The summed E-state index contributed by atoms with van der Waals surface area (Å²) >= 11 is 0. The average molecular weight is 404 g/mol. The summed E-state index contributed by atoms with van der Waals surface area (Å²) in [6.07, 6.45) is 0. The maximum Gasteiger partial charge on any atom is 0.326 e. The zero-order valence-corrected chi connectivity index (χ0v) is 17.2. The molecule has 0 spiro atoms. The van der Waals surface area contributed by atoms with Gasteiger partial charge in [0.05, 0.1) is 17.2 Å². The van der Waals surface area contributed by atoms with Crippen LogP contribution in [0.5, 0.6) is 0 Å². The van der Waals surface area contributed by atoms with Crippen LogP contribution in [-0.4, -0.2) is 33.4 Å². The van der Waals surface area contributed by atoms with Gasteiger partial charge in [-0.25, -0.2) is 8.42 Å². The number of amides is 1. The van der Waals surface area contributed by atoms with Gasteiger partial charge in [0.2, 0.25) is 5.91 Å². The minimum atomic E-state index is -4.02. The Kier molecular flexibility index (Phi) is 6.80. The lowest BCUT2D eigenvalue weighted by atomic mass is 10.1. The number of ether oxygens (including phenoxy) is 1. The molecule has 2 rings (SSSR count). The number of rotatable bonds is 7. The molecule has 0 unspecified atom stereocenters. The first kappa shape index (κ1) is 21.4. The van der Waals surface area contributed by atoms with E-state index in [0.29, 0.717) is 11.4 Å². The number of hydrogen-bond acceptors (Lipinski definition) is 5. The summed E-state index contributed by atoms with van der Waals surface area (Å²) < 4.78 is 32.4. The predicted octanol–water partition coefficient (Wildman–Crippen LogP) is 3.02. The SMILES string of the molecule is CCOC(=O)CN(c1ccc(C)c(C)c1)S(=O)(=O)c1ccc(NC(C)=O)cc1. The van der Waals surface area contributed by atoms with E-state index in [9.17, 15) is 18.0 Å². The molecule has 28 heavy (non-hydrogen) atoms. The van der Waals surface area contributed by atoms with E-state index in [2.05, 4.69) is 5.32 Å². The van der Waals surface area contributed by atoms with E-state index in [1.807, 2.05) is 13.8 Å². The van der Waals surface area contributed by atoms with Crippen LogP contribution >= 0.6 is 0 Å².